The molecule has 1 amide bonds. The largest absolute Gasteiger partial charge is 0.508 e. The van der Waals surface area contributed by atoms with E-state index in [-0.39, 0.29) is 11.2 Å². The minimum Gasteiger partial charge on any atom is -0.508 e. The predicted molar refractivity (Wildman–Crippen MR) is 117 cm³/mol. The molecule has 0 saturated heterocycles. The number of nitrogens with zero attached hydrogens (tertiary/aromatic N) is 1. The van der Waals surface area contributed by atoms with Crippen LogP contribution in [0, 0.1) is 5.41 Å². The number of rotatable bonds is 5. The van der Waals surface area contributed by atoms with Crippen LogP contribution >= 0.6 is 11.6 Å². The maximum absolute atomic E-state index is 13.4. The van der Waals surface area contributed by atoms with Gasteiger partial charge in [0.25, 0.3) is 5.91 Å². The van der Waals surface area contributed by atoms with Crippen molar-refractivity contribution in [2.45, 2.75) is 39.4 Å². The minimum absolute atomic E-state index is 0.00746. The molecular weight excluding hydrogens is 422 g/mol. The van der Waals surface area contributed by atoms with Crippen LogP contribution in [0.3, 0.4) is 0 Å². The first-order valence-corrected chi connectivity index (χ1v) is 10.2. The van der Waals surface area contributed by atoms with Crippen molar-refractivity contribution in [3.8, 4) is 11.5 Å². The molecule has 2 aromatic rings. The van der Waals surface area contributed by atoms with Crippen LogP contribution in [0.15, 0.2) is 36.4 Å². The summed E-state index contributed by atoms with van der Waals surface area (Å²) in [6.07, 6.45) is -2.53. The van der Waals surface area contributed by atoms with Gasteiger partial charge in [-0.1, -0.05) is 32.4 Å². The molecular formula is C23H26ClNO6. The molecule has 0 fully saturated rings. The van der Waals surface area contributed by atoms with E-state index in [9.17, 15) is 19.8 Å². The summed E-state index contributed by atoms with van der Waals surface area (Å²) in [5, 5.41) is 19.7. The van der Waals surface area contributed by atoms with Crippen LogP contribution in [0.4, 0.5) is 5.69 Å². The van der Waals surface area contributed by atoms with E-state index in [4.69, 9.17) is 21.1 Å². The van der Waals surface area contributed by atoms with Crippen molar-refractivity contribution in [2.24, 2.45) is 5.41 Å². The second-order valence-corrected chi connectivity index (χ2v) is 9.15. The Labute approximate surface area is 186 Å². The van der Waals surface area contributed by atoms with Crippen LogP contribution in [-0.4, -0.2) is 41.8 Å². The van der Waals surface area contributed by atoms with Crippen molar-refractivity contribution in [2.75, 3.05) is 18.6 Å². The minimum atomic E-state index is -1.21. The normalized spacial score (nSPS) is 19.0. The van der Waals surface area contributed by atoms with Gasteiger partial charge < -0.3 is 24.6 Å². The molecule has 0 aromatic heterocycles. The van der Waals surface area contributed by atoms with Crippen molar-refractivity contribution in [3.63, 3.8) is 0 Å². The average molecular weight is 448 g/mol. The molecule has 7 nitrogen and oxygen atoms in total. The molecule has 3 rings (SSSR count). The van der Waals surface area contributed by atoms with Gasteiger partial charge in [0, 0.05) is 34.4 Å². The molecule has 0 saturated carbocycles. The lowest BCUT2D eigenvalue weighted by Gasteiger charge is -2.31. The van der Waals surface area contributed by atoms with Gasteiger partial charge in [0.15, 0.2) is 0 Å². The Kier molecular flexibility index (Phi) is 6.48. The number of benzene rings is 2. The quantitative estimate of drug-likeness (QED) is 0.705. The SMILES string of the molecule is COc1cc(O)ccc1[C@H]1O[C@H](CC(=O)O)C(=O)N(CC(C)(C)C)c2ccc(Cl)cc21. The molecule has 166 valence electrons. The number of phenolic OH excluding ortho intramolecular Hbond substituents is 1. The van der Waals surface area contributed by atoms with Crippen LogP contribution in [0.2, 0.25) is 5.02 Å². The number of phenols is 1. The van der Waals surface area contributed by atoms with E-state index in [2.05, 4.69) is 0 Å². The number of aliphatic carboxylic acids is 1. The Bertz CT molecular complexity index is 1000. The fraction of sp³-hybridized carbons (Fsp3) is 0.391. The van der Waals surface area contributed by atoms with Crippen molar-refractivity contribution in [1.29, 1.82) is 0 Å². The summed E-state index contributed by atoms with van der Waals surface area (Å²) in [6, 6.07) is 9.69. The molecule has 2 atom stereocenters. The van der Waals surface area contributed by atoms with Gasteiger partial charge in [-0.05, 0) is 35.7 Å². The first-order valence-electron chi connectivity index (χ1n) is 9.85. The van der Waals surface area contributed by atoms with Gasteiger partial charge in [-0.3, -0.25) is 9.59 Å². The van der Waals surface area contributed by atoms with Gasteiger partial charge in [0.2, 0.25) is 0 Å². The Hall–Kier alpha value is -2.77. The number of carbonyl (C=O) groups excluding carboxylic acids is 1. The first-order chi connectivity index (χ1) is 14.5. The molecule has 0 unspecified atom stereocenters. The fourth-order valence-corrected chi connectivity index (χ4v) is 3.84. The molecule has 1 aliphatic rings. The first kappa shape index (κ1) is 22.9. The van der Waals surface area contributed by atoms with Crippen LogP contribution in [0.1, 0.15) is 44.4 Å². The maximum Gasteiger partial charge on any atom is 0.306 e. The van der Waals surface area contributed by atoms with Gasteiger partial charge >= 0.3 is 5.97 Å². The standard InChI is InChI=1S/C23H26ClNO6/c1-23(2,3)12-25-17-8-5-13(24)9-16(17)21(31-19(22(25)29)11-20(27)28)15-7-6-14(26)10-18(15)30-4/h5-10,19,21,26H,11-12H2,1-4H3,(H,27,28)/t19-,21-/m1/s1. The molecule has 0 spiro atoms. The number of halogens is 1. The van der Waals surface area contributed by atoms with Crippen molar-refractivity contribution < 1.29 is 29.3 Å². The number of carbonyl (C=O) groups is 2. The van der Waals surface area contributed by atoms with Gasteiger partial charge in [0.1, 0.15) is 23.7 Å². The number of carboxylic acid groups (broad SMARTS) is 1. The lowest BCUT2D eigenvalue weighted by Crippen LogP contribution is -2.44. The number of fused-ring (bicyclic) bond motifs is 1. The zero-order valence-electron chi connectivity index (χ0n) is 17.9. The smallest absolute Gasteiger partial charge is 0.306 e. The highest BCUT2D eigenvalue weighted by molar-refractivity contribution is 6.30. The predicted octanol–water partition coefficient (Wildman–Crippen LogP) is 4.40. The van der Waals surface area contributed by atoms with Crippen molar-refractivity contribution in [1.82, 2.24) is 0 Å². The number of hydrogen-bond donors (Lipinski definition) is 2. The topological polar surface area (TPSA) is 96.3 Å². The zero-order chi connectivity index (χ0) is 22.9. The number of amides is 1. The van der Waals surface area contributed by atoms with Crippen LogP contribution < -0.4 is 9.64 Å². The number of aromatic hydroxyl groups is 1. The Balaban J connectivity index is 2.24. The lowest BCUT2D eigenvalue weighted by molar-refractivity contribution is -0.147. The summed E-state index contributed by atoms with van der Waals surface area (Å²) in [4.78, 5) is 26.5. The molecule has 2 N–H and O–H groups in total. The highest BCUT2D eigenvalue weighted by Gasteiger charge is 2.39. The lowest BCUT2D eigenvalue weighted by atomic mass is 9.94. The van der Waals surface area contributed by atoms with Crippen LogP contribution in [0.5, 0.6) is 11.5 Å². The Morgan fingerprint density at radius 3 is 2.52 bits per heavy atom. The van der Waals surface area contributed by atoms with E-state index in [1.807, 2.05) is 20.8 Å². The average Bonchev–Trinajstić information content (AvgIpc) is 2.77. The molecule has 0 aliphatic carbocycles. The number of ether oxygens (including phenoxy) is 2. The molecule has 0 bridgehead atoms. The number of hydrogen-bond acceptors (Lipinski definition) is 5. The van der Waals surface area contributed by atoms with E-state index >= 15 is 0 Å². The maximum atomic E-state index is 13.4. The summed E-state index contributed by atoms with van der Waals surface area (Å²) in [6.45, 7) is 6.34. The highest BCUT2D eigenvalue weighted by atomic mass is 35.5. The molecule has 0 radical (unpaired) electrons. The van der Waals surface area contributed by atoms with E-state index < -0.39 is 30.5 Å². The van der Waals surface area contributed by atoms with Gasteiger partial charge in [-0.15, -0.1) is 0 Å². The molecule has 2 aromatic carbocycles. The van der Waals surface area contributed by atoms with E-state index in [0.717, 1.165) is 0 Å². The zero-order valence-corrected chi connectivity index (χ0v) is 18.6. The van der Waals surface area contributed by atoms with E-state index in [1.54, 1.807) is 29.2 Å². The van der Waals surface area contributed by atoms with Gasteiger partial charge in [-0.25, -0.2) is 0 Å². The van der Waals surface area contributed by atoms with Crippen LogP contribution in [0.25, 0.3) is 0 Å². The van der Waals surface area contributed by atoms with Gasteiger partial charge in [-0.2, -0.15) is 0 Å². The fourth-order valence-electron chi connectivity index (χ4n) is 3.66. The number of carboxylic acids is 1. The molecule has 8 heteroatoms. The monoisotopic (exact) mass is 447 g/mol. The second-order valence-electron chi connectivity index (χ2n) is 8.72. The van der Waals surface area contributed by atoms with E-state index in [0.29, 0.717) is 34.1 Å². The Morgan fingerprint density at radius 2 is 1.90 bits per heavy atom. The van der Waals surface area contributed by atoms with Gasteiger partial charge in [0.05, 0.1) is 13.5 Å². The third-order valence-electron chi connectivity index (χ3n) is 4.90. The van der Waals surface area contributed by atoms with E-state index in [1.165, 1.54) is 19.2 Å². The summed E-state index contributed by atoms with van der Waals surface area (Å²) in [7, 11) is 1.46. The molecule has 1 heterocycles. The van der Waals surface area contributed by atoms with Crippen LogP contribution in [-0.2, 0) is 14.3 Å². The third-order valence-corrected chi connectivity index (χ3v) is 5.13. The summed E-state index contributed by atoms with van der Waals surface area (Å²) < 4.78 is 11.6. The summed E-state index contributed by atoms with van der Waals surface area (Å²) in [5.41, 5.74) is 1.50. The number of anilines is 1. The number of methoxy groups -OCH3 is 1. The Morgan fingerprint density at radius 1 is 1.19 bits per heavy atom. The van der Waals surface area contributed by atoms with Crippen molar-refractivity contribution in [3.05, 3.63) is 52.5 Å². The summed E-state index contributed by atoms with van der Waals surface area (Å²) in [5.74, 6) is -1.22. The van der Waals surface area contributed by atoms with Crippen molar-refractivity contribution >= 4 is 29.2 Å². The highest BCUT2D eigenvalue weighted by Crippen LogP contribution is 2.44. The second kappa shape index (κ2) is 8.77. The third kappa shape index (κ3) is 5.11. The molecule has 31 heavy (non-hydrogen) atoms. The summed E-state index contributed by atoms with van der Waals surface area (Å²) >= 11 is 6.30. The molecule has 1 aliphatic heterocycles.